The fourth-order valence-electron chi connectivity index (χ4n) is 4.04. The molecular formula is C24H20BrClN2O4. The lowest BCUT2D eigenvalue weighted by Gasteiger charge is -2.31. The molecule has 2 aliphatic heterocycles. The summed E-state index contributed by atoms with van der Waals surface area (Å²) in [6, 6.07) is 16.5. The predicted molar refractivity (Wildman–Crippen MR) is 126 cm³/mol. The molecular weight excluding hydrogens is 496 g/mol. The number of rotatable bonds is 4. The zero-order valence-corrected chi connectivity index (χ0v) is 19.5. The zero-order chi connectivity index (χ0) is 22.2. The van der Waals surface area contributed by atoms with Crippen LogP contribution in [0.15, 0.2) is 64.1 Å². The Kier molecular flexibility index (Phi) is 5.71. The summed E-state index contributed by atoms with van der Waals surface area (Å²) in [5.74, 6) is 2.31. The summed E-state index contributed by atoms with van der Waals surface area (Å²) < 4.78 is 17.5. The number of aromatic hydroxyl groups is 1. The maximum Gasteiger partial charge on any atom is 0.231 e. The minimum atomic E-state index is -0.403. The lowest BCUT2D eigenvalue weighted by Crippen LogP contribution is -2.33. The first-order valence-corrected chi connectivity index (χ1v) is 11.2. The highest BCUT2D eigenvalue weighted by Gasteiger charge is 2.30. The van der Waals surface area contributed by atoms with Crippen LogP contribution in [0.2, 0.25) is 5.02 Å². The van der Waals surface area contributed by atoms with Crippen molar-refractivity contribution in [3.63, 3.8) is 0 Å². The van der Waals surface area contributed by atoms with Crippen molar-refractivity contribution in [3.05, 3.63) is 80.8 Å². The second kappa shape index (κ2) is 8.65. The lowest BCUT2D eigenvalue weighted by molar-refractivity contribution is 0.174. The van der Waals surface area contributed by atoms with Crippen LogP contribution in [0.5, 0.6) is 23.0 Å². The quantitative estimate of drug-likeness (QED) is 0.462. The summed E-state index contributed by atoms with van der Waals surface area (Å²) in [6.07, 6.45) is 0.153. The van der Waals surface area contributed by atoms with Gasteiger partial charge in [0.1, 0.15) is 17.7 Å². The number of methoxy groups -OCH3 is 1. The molecule has 2 aliphatic rings. The molecule has 2 N–H and O–H groups in total. The Balaban J connectivity index is 1.61. The number of fused-ring (bicyclic) bond motifs is 1. The number of hydrogen-bond donors (Lipinski definition) is 2. The molecule has 0 saturated carbocycles. The van der Waals surface area contributed by atoms with Gasteiger partial charge in [0.05, 0.1) is 7.11 Å². The summed E-state index contributed by atoms with van der Waals surface area (Å²) in [7, 11) is 1.64. The molecule has 0 aliphatic carbocycles. The minimum Gasteiger partial charge on any atom is -0.508 e. The lowest BCUT2D eigenvalue weighted by atomic mass is 9.93. The molecule has 0 aromatic heterocycles. The number of nitrogens with one attached hydrogen (secondary N) is 1. The molecule has 2 atom stereocenters. The number of halogens is 2. The van der Waals surface area contributed by atoms with Gasteiger partial charge in [-0.3, -0.25) is 10.3 Å². The van der Waals surface area contributed by atoms with Gasteiger partial charge >= 0.3 is 0 Å². The smallest absolute Gasteiger partial charge is 0.231 e. The SMILES string of the molecule is COc1ccc(Br)cc1[C@@H]1N=C(c2ccc3c(c2)OCO3)C[C@H](c2cc(Cl)ccc2O)N1. The molecule has 0 radical (unpaired) electrons. The number of phenols is 1. The highest BCUT2D eigenvalue weighted by atomic mass is 79.9. The second-order valence-electron chi connectivity index (χ2n) is 7.56. The van der Waals surface area contributed by atoms with Gasteiger partial charge in [-0.2, -0.15) is 0 Å². The molecule has 6 nitrogen and oxygen atoms in total. The number of hydrogen-bond acceptors (Lipinski definition) is 6. The molecule has 3 aromatic rings. The topological polar surface area (TPSA) is 72.3 Å². The van der Waals surface area contributed by atoms with E-state index in [-0.39, 0.29) is 18.6 Å². The summed E-state index contributed by atoms with van der Waals surface area (Å²) in [5.41, 5.74) is 3.40. The van der Waals surface area contributed by atoms with E-state index in [9.17, 15) is 5.11 Å². The molecule has 0 unspecified atom stereocenters. The fraction of sp³-hybridized carbons (Fsp3) is 0.208. The van der Waals surface area contributed by atoms with Crippen LogP contribution >= 0.6 is 27.5 Å². The summed E-state index contributed by atoms with van der Waals surface area (Å²) in [5, 5.41) is 14.7. The first kappa shape index (κ1) is 21.1. The number of phenolic OH excluding ortho intramolecular Hbond substituents is 1. The Hall–Kier alpha value is -2.74. The van der Waals surface area contributed by atoms with Crippen LogP contribution in [0.25, 0.3) is 0 Å². The highest BCUT2D eigenvalue weighted by Crippen LogP contribution is 2.40. The molecule has 2 heterocycles. The Labute approximate surface area is 198 Å². The molecule has 8 heteroatoms. The van der Waals surface area contributed by atoms with Crippen molar-refractivity contribution >= 4 is 33.2 Å². The third-order valence-corrected chi connectivity index (χ3v) is 6.33. The molecule has 0 spiro atoms. The molecule has 0 amide bonds. The van der Waals surface area contributed by atoms with Gasteiger partial charge in [0.15, 0.2) is 11.5 Å². The standard InChI is InChI=1S/C24H20BrClN2O4/c1-30-21-7-3-14(25)9-17(21)24-27-18(13-2-6-22-23(8-13)32-12-31-22)11-19(28-24)16-10-15(26)4-5-20(16)29/h2-10,19,24,28-29H,11-12H2,1H3/t19-,24-/m1/s1. The number of benzene rings is 3. The first-order valence-electron chi connectivity index (χ1n) is 10.1. The molecule has 164 valence electrons. The zero-order valence-electron chi connectivity index (χ0n) is 17.1. The van der Waals surface area contributed by atoms with Crippen LogP contribution in [-0.2, 0) is 0 Å². The van der Waals surface area contributed by atoms with Gasteiger partial charge < -0.3 is 19.3 Å². The van der Waals surface area contributed by atoms with Gasteiger partial charge in [-0.15, -0.1) is 0 Å². The van der Waals surface area contributed by atoms with Crippen molar-refractivity contribution < 1.29 is 19.3 Å². The van der Waals surface area contributed by atoms with E-state index in [2.05, 4.69) is 21.2 Å². The number of ether oxygens (including phenoxy) is 3. The summed E-state index contributed by atoms with van der Waals surface area (Å²) in [6.45, 7) is 0.212. The van der Waals surface area contributed by atoms with Gasteiger partial charge in [-0.25, -0.2) is 0 Å². The Morgan fingerprint density at radius 2 is 1.91 bits per heavy atom. The van der Waals surface area contributed by atoms with E-state index >= 15 is 0 Å². The van der Waals surface area contributed by atoms with E-state index in [4.69, 9.17) is 30.8 Å². The fourth-order valence-corrected chi connectivity index (χ4v) is 4.60. The van der Waals surface area contributed by atoms with Gasteiger partial charge in [0, 0.05) is 38.8 Å². The van der Waals surface area contributed by atoms with Crippen molar-refractivity contribution in [1.29, 1.82) is 0 Å². The molecule has 32 heavy (non-hydrogen) atoms. The van der Waals surface area contributed by atoms with E-state index in [1.807, 2.05) is 36.4 Å². The normalized spacial score (nSPS) is 19.5. The van der Waals surface area contributed by atoms with Crippen LogP contribution in [0.3, 0.4) is 0 Å². The predicted octanol–water partition coefficient (Wildman–Crippen LogP) is 5.77. The van der Waals surface area contributed by atoms with Crippen molar-refractivity contribution in [2.45, 2.75) is 18.6 Å². The first-order chi connectivity index (χ1) is 15.5. The second-order valence-corrected chi connectivity index (χ2v) is 8.91. The van der Waals surface area contributed by atoms with Crippen LogP contribution in [0.4, 0.5) is 0 Å². The van der Waals surface area contributed by atoms with Crippen LogP contribution < -0.4 is 19.5 Å². The van der Waals surface area contributed by atoms with E-state index in [1.165, 1.54) is 0 Å². The largest absolute Gasteiger partial charge is 0.508 e. The number of aliphatic imine (C=N–C) groups is 1. The van der Waals surface area contributed by atoms with E-state index < -0.39 is 6.17 Å². The highest BCUT2D eigenvalue weighted by molar-refractivity contribution is 9.10. The Morgan fingerprint density at radius 3 is 2.75 bits per heavy atom. The van der Waals surface area contributed by atoms with Crippen molar-refractivity contribution in [2.24, 2.45) is 4.99 Å². The minimum absolute atomic E-state index is 0.179. The summed E-state index contributed by atoms with van der Waals surface area (Å²) >= 11 is 9.80. The third kappa shape index (κ3) is 4.03. The number of nitrogens with zero attached hydrogens (tertiary/aromatic N) is 1. The Morgan fingerprint density at radius 1 is 1.06 bits per heavy atom. The summed E-state index contributed by atoms with van der Waals surface area (Å²) in [4.78, 5) is 5.02. The third-order valence-electron chi connectivity index (χ3n) is 5.60. The average Bonchev–Trinajstić information content (AvgIpc) is 3.28. The van der Waals surface area contributed by atoms with E-state index in [1.54, 1.807) is 25.3 Å². The molecule has 0 saturated heterocycles. The van der Waals surface area contributed by atoms with Crippen molar-refractivity contribution in [1.82, 2.24) is 5.32 Å². The maximum absolute atomic E-state index is 10.6. The Bertz CT molecular complexity index is 1220. The monoisotopic (exact) mass is 514 g/mol. The van der Waals surface area contributed by atoms with Crippen molar-refractivity contribution in [2.75, 3.05) is 13.9 Å². The van der Waals surface area contributed by atoms with Crippen molar-refractivity contribution in [3.8, 4) is 23.0 Å². The van der Waals surface area contributed by atoms with Crippen LogP contribution in [-0.4, -0.2) is 24.7 Å². The molecule has 5 rings (SSSR count). The van der Waals surface area contributed by atoms with Gasteiger partial charge in [-0.1, -0.05) is 27.5 Å². The van der Waals surface area contributed by atoms with Gasteiger partial charge in [0.2, 0.25) is 6.79 Å². The molecule has 0 fully saturated rings. The van der Waals surface area contributed by atoms with Gasteiger partial charge in [-0.05, 0) is 60.2 Å². The van der Waals surface area contributed by atoms with Gasteiger partial charge in [0.25, 0.3) is 0 Å². The van der Waals surface area contributed by atoms with E-state index in [0.717, 1.165) is 32.8 Å². The average molecular weight is 516 g/mol. The maximum atomic E-state index is 10.6. The van der Waals surface area contributed by atoms with Crippen LogP contribution in [0, 0.1) is 0 Å². The molecule has 3 aromatic carbocycles. The van der Waals surface area contributed by atoms with Crippen LogP contribution in [0.1, 0.15) is 35.3 Å². The van der Waals surface area contributed by atoms with E-state index in [0.29, 0.717) is 22.8 Å². The molecule has 0 bridgehead atoms.